The van der Waals surface area contributed by atoms with Crippen LogP contribution in [0.1, 0.15) is 24.6 Å². The van der Waals surface area contributed by atoms with Crippen molar-refractivity contribution in [1.29, 1.82) is 5.41 Å². The molecule has 1 fully saturated rings. The molecule has 2 heterocycles. The van der Waals surface area contributed by atoms with Crippen LogP contribution in [0.4, 0.5) is 5.82 Å². The lowest BCUT2D eigenvalue weighted by Gasteiger charge is -2.34. The summed E-state index contributed by atoms with van der Waals surface area (Å²) in [6, 6.07) is 0. The average molecular weight is 251 g/mol. The Hall–Kier alpha value is -1.56. The lowest BCUT2D eigenvalue weighted by atomic mass is 10.1. The highest BCUT2D eigenvalue weighted by Crippen LogP contribution is 2.25. The fraction of sp³-hybridized carbons (Fsp3) is 0.667. The highest BCUT2D eigenvalue weighted by Gasteiger charge is 2.26. The summed E-state index contributed by atoms with van der Waals surface area (Å²) in [6.07, 6.45) is 1.23. The van der Waals surface area contributed by atoms with E-state index in [1.807, 2.05) is 18.7 Å². The van der Waals surface area contributed by atoms with Crippen LogP contribution in [0.15, 0.2) is 0 Å². The molecule has 1 atom stereocenters. The first-order chi connectivity index (χ1) is 8.54. The molecule has 1 aliphatic heterocycles. The molecule has 0 amide bonds. The molecule has 0 radical (unpaired) electrons. The zero-order valence-corrected chi connectivity index (χ0v) is 11.2. The van der Waals surface area contributed by atoms with E-state index in [9.17, 15) is 0 Å². The van der Waals surface area contributed by atoms with Gasteiger partial charge in [-0.25, -0.2) is 0 Å². The minimum Gasteiger partial charge on any atom is -0.384 e. The lowest BCUT2D eigenvalue weighted by molar-refractivity contribution is 0.0379. The Morgan fingerprint density at radius 1 is 1.61 bits per heavy atom. The number of ether oxygens (including phenoxy) is 1. The third-order valence-corrected chi connectivity index (χ3v) is 3.35. The highest BCUT2D eigenvalue weighted by molar-refractivity contribution is 6.00. The average Bonchev–Trinajstić information content (AvgIpc) is 2.64. The number of nitrogen functional groups attached to an aromatic ring is 1. The first-order valence-electron chi connectivity index (χ1n) is 6.29. The number of nitrogens with zero attached hydrogens (tertiary/aromatic N) is 3. The standard InChI is InChI=1S/C12H21N5O/c1-4-9-7-17(5-6-18-9)12-10(11(13)14)8(2)15-16(12)3/h9H,4-7H2,1-3H3,(H3,13,14). The summed E-state index contributed by atoms with van der Waals surface area (Å²) in [4.78, 5) is 2.22. The van der Waals surface area contributed by atoms with Crippen molar-refractivity contribution < 1.29 is 4.74 Å². The quantitative estimate of drug-likeness (QED) is 0.610. The highest BCUT2D eigenvalue weighted by atomic mass is 16.5. The van der Waals surface area contributed by atoms with Crippen LogP contribution in [0.5, 0.6) is 0 Å². The molecule has 100 valence electrons. The summed E-state index contributed by atoms with van der Waals surface area (Å²) in [5, 5.41) is 12.1. The molecule has 0 aromatic carbocycles. The molecule has 0 bridgehead atoms. The van der Waals surface area contributed by atoms with Crippen LogP contribution < -0.4 is 10.6 Å². The van der Waals surface area contributed by atoms with Gasteiger partial charge in [0, 0.05) is 20.1 Å². The Morgan fingerprint density at radius 3 is 2.94 bits per heavy atom. The van der Waals surface area contributed by atoms with Crippen LogP contribution in [0.2, 0.25) is 0 Å². The van der Waals surface area contributed by atoms with Crippen LogP contribution in [-0.4, -0.2) is 41.4 Å². The van der Waals surface area contributed by atoms with Crippen LogP contribution in [0.3, 0.4) is 0 Å². The number of nitrogens with two attached hydrogens (primary N) is 1. The van der Waals surface area contributed by atoms with E-state index in [-0.39, 0.29) is 11.9 Å². The molecular weight excluding hydrogens is 230 g/mol. The predicted molar refractivity (Wildman–Crippen MR) is 71.2 cm³/mol. The normalized spacial score (nSPS) is 20.2. The van der Waals surface area contributed by atoms with Gasteiger partial charge < -0.3 is 15.4 Å². The number of aryl methyl sites for hydroxylation is 2. The maximum atomic E-state index is 7.71. The van der Waals surface area contributed by atoms with Crippen LogP contribution >= 0.6 is 0 Å². The number of aromatic nitrogens is 2. The monoisotopic (exact) mass is 251 g/mol. The van der Waals surface area contributed by atoms with Crippen molar-refractivity contribution in [1.82, 2.24) is 9.78 Å². The molecular formula is C12H21N5O. The van der Waals surface area contributed by atoms with Gasteiger partial charge in [-0.05, 0) is 13.3 Å². The smallest absolute Gasteiger partial charge is 0.138 e. The number of morpholine rings is 1. The molecule has 3 N–H and O–H groups in total. The van der Waals surface area contributed by atoms with E-state index in [1.165, 1.54) is 0 Å². The number of rotatable bonds is 3. The molecule has 1 aliphatic rings. The Morgan fingerprint density at radius 2 is 2.33 bits per heavy atom. The minimum atomic E-state index is 0.0788. The summed E-state index contributed by atoms with van der Waals surface area (Å²) in [6.45, 7) is 6.36. The summed E-state index contributed by atoms with van der Waals surface area (Å²) in [5.41, 5.74) is 7.22. The maximum absolute atomic E-state index is 7.71. The molecule has 0 aliphatic carbocycles. The van der Waals surface area contributed by atoms with E-state index in [2.05, 4.69) is 16.9 Å². The first kappa shape index (κ1) is 12.9. The molecule has 1 aromatic heterocycles. The number of nitrogens with one attached hydrogen (secondary N) is 1. The molecule has 6 heteroatoms. The third-order valence-electron chi connectivity index (χ3n) is 3.35. The van der Waals surface area contributed by atoms with Gasteiger partial charge in [0.05, 0.1) is 24.0 Å². The van der Waals surface area contributed by atoms with Gasteiger partial charge in [-0.2, -0.15) is 5.10 Å². The zero-order chi connectivity index (χ0) is 13.3. The fourth-order valence-corrected chi connectivity index (χ4v) is 2.48. The second kappa shape index (κ2) is 4.97. The van der Waals surface area contributed by atoms with Crippen LogP contribution in [-0.2, 0) is 11.8 Å². The van der Waals surface area contributed by atoms with Crippen LogP contribution in [0.25, 0.3) is 0 Å². The van der Waals surface area contributed by atoms with Crippen molar-refractivity contribution in [2.45, 2.75) is 26.4 Å². The molecule has 1 aromatic rings. The van der Waals surface area contributed by atoms with Crippen molar-refractivity contribution in [3.63, 3.8) is 0 Å². The van der Waals surface area contributed by atoms with Gasteiger partial charge in [-0.1, -0.05) is 6.92 Å². The topological polar surface area (TPSA) is 80.2 Å². The molecule has 0 saturated carbocycles. The van der Waals surface area contributed by atoms with E-state index in [1.54, 1.807) is 0 Å². The van der Waals surface area contributed by atoms with Gasteiger partial charge >= 0.3 is 0 Å². The van der Waals surface area contributed by atoms with Crippen molar-refractivity contribution in [3.8, 4) is 0 Å². The summed E-state index contributed by atoms with van der Waals surface area (Å²) >= 11 is 0. The van der Waals surface area contributed by atoms with Gasteiger partial charge in [-0.15, -0.1) is 0 Å². The fourth-order valence-electron chi connectivity index (χ4n) is 2.48. The molecule has 1 unspecified atom stereocenters. The van der Waals surface area contributed by atoms with Gasteiger partial charge in [-0.3, -0.25) is 10.1 Å². The Labute approximate surface area is 107 Å². The molecule has 0 spiro atoms. The SMILES string of the molecule is CCC1CN(c2c(C(=N)N)c(C)nn2C)CCO1. The lowest BCUT2D eigenvalue weighted by Crippen LogP contribution is -2.43. The largest absolute Gasteiger partial charge is 0.384 e. The number of amidine groups is 1. The van der Waals surface area contributed by atoms with E-state index in [0.29, 0.717) is 6.61 Å². The Kier molecular flexibility index (Phi) is 3.56. The number of anilines is 1. The molecule has 18 heavy (non-hydrogen) atoms. The molecule has 6 nitrogen and oxygen atoms in total. The second-order valence-corrected chi connectivity index (χ2v) is 4.67. The van der Waals surface area contributed by atoms with Gasteiger partial charge in [0.1, 0.15) is 11.7 Å². The summed E-state index contributed by atoms with van der Waals surface area (Å²) in [5.74, 6) is 1.01. The van der Waals surface area contributed by atoms with Gasteiger partial charge in [0.2, 0.25) is 0 Å². The number of hydrogen-bond acceptors (Lipinski definition) is 4. The van der Waals surface area contributed by atoms with Crippen molar-refractivity contribution in [3.05, 3.63) is 11.3 Å². The molecule has 1 saturated heterocycles. The maximum Gasteiger partial charge on any atom is 0.138 e. The van der Waals surface area contributed by atoms with Crippen LogP contribution in [0, 0.1) is 12.3 Å². The Bertz CT molecular complexity index is 454. The first-order valence-corrected chi connectivity index (χ1v) is 6.29. The Balaban J connectivity index is 2.35. The predicted octanol–water partition coefficient (Wildman–Crippen LogP) is 0.628. The van der Waals surface area contributed by atoms with E-state index in [0.717, 1.165) is 36.6 Å². The van der Waals surface area contributed by atoms with E-state index < -0.39 is 0 Å². The summed E-state index contributed by atoms with van der Waals surface area (Å²) in [7, 11) is 1.89. The number of hydrogen-bond donors (Lipinski definition) is 2. The van der Waals surface area contributed by atoms with Gasteiger partial charge in [0.25, 0.3) is 0 Å². The van der Waals surface area contributed by atoms with E-state index in [4.69, 9.17) is 15.9 Å². The third kappa shape index (κ3) is 2.20. The molecule has 2 rings (SSSR count). The summed E-state index contributed by atoms with van der Waals surface area (Å²) < 4.78 is 7.48. The second-order valence-electron chi connectivity index (χ2n) is 4.67. The van der Waals surface area contributed by atoms with Crippen molar-refractivity contribution in [2.24, 2.45) is 12.8 Å². The zero-order valence-electron chi connectivity index (χ0n) is 11.2. The minimum absolute atomic E-state index is 0.0788. The van der Waals surface area contributed by atoms with Gasteiger partial charge in [0.15, 0.2) is 0 Å². The van der Waals surface area contributed by atoms with Crippen molar-refractivity contribution >= 4 is 11.7 Å². The van der Waals surface area contributed by atoms with Crippen molar-refractivity contribution in [2.75, 3.05) is 24.6 Å². The van der Waals surface area contributed by atoms with E-state index >= 15 is 0 Å².